The molecule has 3 nitrogen and oxygen atoms in total. The SMILES string of the molecule is CC(CO)(NC(=O)CCc1ccc(Cl)cc1)C1CC1. The second kappa shape index (κ2) is 5.93. The van der Waals surface area contributed by atoms with Crippen LogP contribution in [0.3, 0.4) is 0 Å². The Morgan fingerprint density at radius 3 is 2.58 bits per heavy atom. The molecule has 0 saturated heterocycles. The summed E-state index contributed by atoms with van der Waals surface area (Å²) in [5.41, 5.74) is 0.647. The van der Waals surface area contributed by atoms with Crippen molar-refractivity contribution in [2.75, 3.05) is 6.61 Å². The number of benzene rings is 1. The highest BCUT2D eigenvalue weighted by Gasteiger charge is 2.41. The maximum atomic E-state index is 11.9. The van der Waals surface area contributed by atoms with E-state index in [1.165, 1.54) is 0 Å². The third-order valence-corrected chi connectivity index (χ3v) is 4.04. The van der Waals surface area contributed by atoms with Crippen LogP contribution in [0, 0.1) is 5.92 Å². The molecule has 1 saturated carbocycles. The first-order chi connectivity index (χ1) is 9.03. The summed E-state index contributed by atoms with van der Waals surface area (Å²) in [5.74, 6) is 0.426. The van der Waals surface area contributed by atoms with Gasteiger partial charge in [0.2, 0.25) is 5.91 Å². The van der Waals surface area contributed by atoms with Gasteiger partial charge >= 0.3 is 0 Å². The molecule has 0 aliphatic heterocycles. The molecule has 0 radical (unpaired) electrons. The predicted octanol–water partition coefficient (Wildman–Crippen LogP) is 2.55. The largest absolute Gasteiger partial charge is 0.394 e. The minimum Gasteiger partial charge on any atom is -0.394 e. The molecule has 0 aromatic heterocycles. The van der Waals surface area contributed by atoms with Crippen LogP contribution in [0.4, 0.5) is 0 Å². The molecular formula is C15H20ClNO2. The normalized spacial score (nSPS) is 17.8. The van der Waals surface area contributed by atoms with Gasteiger partial charge in [-0.1, -0.05) is 23.7 Å². The zero-order chi connectivity index (χ0) is 13.9. The summed E-state index contributed by atoms with van der Waals surface area (Å²) in [6.45, 7) is 1.93. The Bertz CT molecular complexity index is 442. The summed E-state index contributed by atoms with van der Waals surface area (Å²) in [7, 11) is 0. The lowest BCUT2D eigenvalue weighted by molar-refractivity contribution is -0.123. The molecule has 1 aliphatic rings. The zero-order valence-corrected chi connectivity index (χ0v) is 11.9. The smallest absolute Gasteiger partial charge is 0.220 e. The van der Waals surface area contributed by atoms with Crippen LogP contribution in [0.25, 0.3) is 0 Å². The number of halogens is 1. The van der Waals surface area contributed by atoms with Gasteiger partial charge in [-0.3, -0.25) is 4.79 Å². The van der Waals surface area contributed by atoms with Crippen LogP contribution < -0.4 is 5.32 Å². The van der Waals surface area contributed by atoms with E-state index in [1.807, 2.05) is 31.2 Å². The molecule has 0 heterocycles. The fourth-order valence-electron chi connectivity index (χ4n) is 2.28. The fraction of sp³-hybridized carbons (Fsp3) is 0.533. The van der Waals surface area contributed by atoms with Crippen LogP contribution in [0.1, 0.15) is 31.7 Å². The van der Waals surface area contributed by atoms with Crippen molar-refractivity contribution >= 4 is 17.5 Å². The van der Waals surface area contributed by atoms with Gasteiger partial charge in [0.1, 0.15) is 0 Å². The lowest BCUT2D eigenvalue weighted by Crippen LogP contribution is -2.50. The number of aliphatic hydroxyl groups excluding tert-OH is 1. The second-order valence-electron chi connectivity index (χ2n) is 5.52. The average Bonchev–Trinajstić information content (AvgIpc) is 3.22. The zero-order valence-electron chi connectivity index (χ0n) is 11.2. The number of aryl methyl sites for hydroxylation is 1. The highest BCUT2D eigenvalue weighted by Crippen LogP contribution is 2.39. The number of nitrogens with one attached hydrogen (secondary N) is 1. The first kappa shape index (κ1) is 14.4. The van der Waals surface area contributed by atoms with Crippen LogP contribution in [0.15, 0.2) is 24.3 Å². The minimum atomic E-state index is -0.447. The number of hydrogen-bond acceptors (Lipinski definition) is 2. The minimum absolute atomic E-state index is 0.00148. The van der Waals surface area contributed by atoms with Gasteiger partial charge in [-0.15, -0.1) is 0 Å². The molecule has 0 spiro atoms. The predicted molar refractivity (Wildman–Crippen MR) is 76.1 cm³/mol. The summed E-state index contributed by atoms with van der Waals surface area (Å²) >= 11 is 5.82. The van der Waals surface area contributed by atoms with Gasteiger partial charge in [0.25, 0.3) is 0 Å². The summed E-state index contributed by atoms with van der Waals surface area (Å²) in [5, 5.41) is 13.1. The molecule has 0 bridgehead atoms. The van der Waals surface area contributed by atoms with Crippen molar-refractivity contribution in [3.63, 3.8) is 0 Å². The quantitative estimate of drug-likeness (QED) is 0.842. The Hall–Kier alpha value is -1.06. The van der Waals surface area contributed by atoms with Crippen molar-refractivity contribution in [2.24, 2.45) is 5.92 Å². The topological polar surface area (TPSA) is 49.3 Å². The Labute approximate surface area is 119 Å². The molecule has 1 aromatic rings. The van der Waals surface area contributed by atoms with Crippen LogP contribution in [-0.2, 0) is 11.2 Å². The van der Waals surface area contributed by atoms with Gasteiger partial charge in [-0.05, 0) is 49.8 Å². The van der Waals surface area contributed by atoms with E-state index in [0.29, 0.717) is 23.8 Å². The van der Waals surface area contributed by atoms with E-state index in [9.17, 15) is 9.90 Å². The lowest BCUT2D eigenvalue weighted by atomic mass is 9.96. The van der Waals surface area contributed by atoms with Gasteiger partial charge in [-0.2, -0.15) is 0 Å². The lowest BCUT2D eigenvalue weighted by Gasteiger charge is -2.28. The standard InChI is InChI=1S/C15H20ClNO2/c1-15(10-18,12-5-6-12)17-14(19)9-4-11-2-7-13(16)8-3-11/h2-3,7-8,12,18H,4-6,9-10H2,1H3,(H,17,19). The van der Waals surface area contributed by atoms with Crippen molar-refractivity contribution in [1.82, 2.24) is 5.32 Å². The number of hydrogen-bond donors (Lipinski definition) is 2. The molecule has 19 heavy (non-hydrogen) atoms. The molecule has 1 atom stereocenters. The van der Waals surface area contributed by atoms with E-state index in [4.69, 9.17) is 11.6 Å². The van der Waals surface area contributed by atoms with Crippen molar-refractivity contribution in [1.29, 1.82) is 0 Å². The summed E-state index contributed by atoms with van der Waals surface area (Å²) in [6, 6.07) is 7.52. The van der Waals surface area contributed by atoms with Gasteiger partial charge in [-0.25, -0.2) is 0 Å². The van der Waals surface area contributed by atoms with Crippen molar-refractivity contribution in [3.05, 3.63) is 34.9 Å². The number of rotatable bonds is 6. The highest BCUT2D eigenvalue weighted by molar-refractivity contribution is 6.30. The fourth-order valence-corrected chi connectivity index (χ4v) is 2.41. The summed E-state index contributed by atoms with van der Waals surface area (Å²) < 4.78 is 0. The number of amides is 1. The number of aliphatic hydroxyl groups is 1. The van der Waals surface area contributed by atoms with Crippen molar-refractivity contribution < 1.29 is 9.90 Å². The third-order valence-electron chi connectivity index (χ3n) is 3.79. The Morgan fingerprint density at radius 1 is 1.42 bits per heavy atom. The van der Waals surface area contributed by atoms with Gasteiger partial charge in [0.05, 0.1) is 12.1 Å². The molecule has 1 unspecified atom stereocenters. The average molecular weight is 282 g/mol. The molecule has 104 valence electrons. The molecule has 1 aliphatic carbocycles. The maximum Gasteiger partial charge on any atom is 0.220 e. The Balaban J connectivity index is 1.82. The highest BCUT2D eigenvalue weighted by atomic mass is 35.5. The van der Waals surface area contributed by atoms with Gasteiger partial charge in [0, 0.05) is 11.4 Å². The molecule has 2 N–H and O–H groups in total. The Morgan fingerprint density at radius 2 is 2.05 bits per heavy atom. The van der Waals surface area contributed by atoms with Crippen molar-refractivity contribution in [3.8, 4) is 0 Å². The van der Waals surface area contributed by atoms with Gasteiger partial charge in [0.15, 0.2) is 0 Å². The van der Waals surface area contributed by atoms with E-state index in [2.05, 4.69) is 5.32 Å². The van der Waals surface area contributed by atoms with Crippen molar-refractivity contribution in [2.45, 2.75) is 38.1 Å². The summed E-state index contributed by atoms with van der Waals surface area (Å²) in [4.78, 5) is 11.9. The third kappa shape index (κ3) is 3.95. The Kier molecular flexibility index (Phi) is 4.48. The first-order valence-electron chi connectivity index (χ1n) is 6.70. The monoisotopic (exact) mass is 281 g/mol. The van der Waals surface area contributed by atoms with E-state index < -0.39 is 5.54 Å². The number of carbonyl (C=O) groups excluding carboxylic acids is 1. The molecule has 1 fully saturated rings. The van der Waals surface area contributed by atoms with E-state index in [0.717, 1.165) is 18.4 Å². The number of carbonyl (C=O) groups is 1. The molecule has 1 aromatic carbocycles. The molecule has 1 amide bonds. The van der Waals surface area contributed by atoms with Crippen LogP contribution in [-0.4, -0.2) is 23.2 Å². The van der Waals surface area contributed by atoms with E-state index in [1.54, 1.807) is 0 Å². The molecule has 4 heteroatoms. The molecular weight excluding hydrogens is 262 g/mol. The van der Waals surface area contributed by atoms with Crippen LogP contribution >= 0.6 is 11.6 Å². The van der Waals surface area contributed by atoms with E-state index >= 15 is 0 Å². The van der Waals surface area contributed by atoms with Crippen LogP contribution in [0.2, 0.25) is 5.02 Å². The summed E-state index contributed by atoms with van der Waals surface area (Å²) in [6.07, 6.45) is 3.31. The second-order valence-corrected chi connectivity index (χ2v) is 5.96. The maximum absolute atomic E-state index is 11.9. The van der Waals surface area contributed by atoms with Crippen LogP contribution in [0.5, 0.6) is 0 Å². The van der Waals surface area contributed by atoms with Gasteiger partial charge < -0.3 is 10.4 Å². The van der Waals surface area contributed by atoms with E-state index in [-0.39, 0.29) is 12.5 Å². The first-order valence-corrected chi connectivity index (χ1v) is 7.07. The molecule has 2 rings (SSSR count).